The van der Waals surface area contributed by atoms with E-state index in [2.05, 4.69) is 5.32 Å². The number of carbonyl (C=O) groups excluding carboxylic acids is 1. The summed E-state index contributed by atoms with van der Waals surface area (Å²) in [5.41, 5.74) is -0.527. The van der Waals surface area contributed by atoms with Gasteiger partial charge in [0, 0.05) is 17.2 Å². The minimum Gasteiger partial charge on any atom is -0.444 e. The molecule has 0 aliphatic rings. The number of amides is 1. The zero-order valence-electron chi connectivity index (χ0n) is 11.9. The first-order valence-corrected chi connectivity index (χ1v) is 7.70. The van der Waals surface area contributed by atoms with Gasteiger partial charge in [0.1, 0.15) is 11.4 Å². The van der Waals surface area contributed by atoms with Crippen LogP contribution in [0.2, 0.25) is 0 Å². The molecular weight excluding hydrogens is 281 g/mol. The Bertz CT molecular complexity index is 468. The third kappa shape index (κ3) is 6.65. The number of halogens is 1. The van der Waals surface area contributed by atoms with Gasteiger partial charge in [0.05, 0.1) is 10.8 Å². The van der Waals surface area contributed by atoms with E-state index in [1.807, 2.05) is 0 Å². The van der Waals surface area contributed by atoms with E-state index in [4.69, 9.17) is 4.74 Å². The van der Waals surface area contributed by atoms with Crippen molar-refractivity contribution in [3.63, 3.8) is 0 Å². The highest BCUT2D eigenvalue weighted by Crippen LogP contribution is 2.09. The molecule has 1 rings (SSSR count). The molecule has 0 saturated heterocycles. The molecular formula is C14H20FNO3S. The maximum Gasteiger partial charge on any atom is 0.407 e. The highest BCUT2D eigenvalue weighted by molar-refractivity contribution is 7.85. The fourth-order valence-corrected chi connectivity index (χ4v) is 2.49. The molecule has 0 aliphatic heterocycles. The summed E-state index contributed by atoms with van der Waals surface area (Å²) in [5, 5.41) is 2.60. The molecule has 0 radical (unpaired) electrons. The maximum absolute atomic E-state index is 12.7. The molecule has 112 valence electrons. The van der Waals surface area contributed by atoms with Gasteiger partial charge in [-0.15, -0.1) is 0 Å². The van der Waals surface area contributed by atoms with E-state index in [9.17, 15) is 13.4 Å². The first-order valence-electron chi connectivity index (χ1n) is 6.39. The quantitative estimate of drug-likeness (QED) is 0.851. The Kier molecular flexibility index (Phi) is 6.13. The number of ether oxygens (including phenoxy) is 1. The standard InChI is InChI=1S/C14H20FNO3S/c1-14(2,3)19-13(17)16-9-4-10-20(18)12-7-5-11(15)6-8-12/h5-8H,4,9-10H2,1-3H3,(H,16,17). The third-order valence-corrected chi connectivity index (χ3v) is 3.71. The first kappa shape index (κ1) is 16.6. The average molecular weight is 301 g/mol. The lowest BCUT2D eigenvalue weighted by Gasteiger charge is -2.19. The van der Waals surface area contributed by atoms with Crippen molar-refractivity contribution in [1.29, 1.82) is 0 Å². The number of alkyl carbamates (subject to hydrolysis) is 1. The Labute approximate surface area is 121 Å². The van der Waals surface area contributed by atoms with Gasteiger partial charge < -0.3 is 10.1 Å². The summed E-state index contributed by atoms with van der Waals surface area (Å²) in [5.74, 6) is 0.0545. The summed E-state index contributed by atoms with van der Waals surface area (Å²) in [6.45, 7) is 5.75. The van der Waals surface area contributed by atoms with Gasteiger partial charge in [-0.05, 0) is 51.5 Å². The summed E-state index contributed by atoms with van der Waals surface area (Å²) >= 11 is 0. The molecule has 0 aromatic heterocycles. The van der Waals surface area contributed by atoms with Crippen molar-refractivity contribution < 1.29 is 18.1 Å². The molecule has 4 nitrogen and oxygen atoms in total. The highest BCUT2D eigenvalue weighted by atomic mass is 32.2. The van der Waals surface area contributed by atoms with E-state index >= 15 is 0 Å². The second-order valence-corrected chi connectivity index (χ2v) is 6.86. The molecule has 1 N–H and O–H groups in total. The Balaban J connectivity index is 2.26. The van der Waals surface area contributed by atoms with E-state index in [1.54, 1.807) is 20.8 Å². The van der Waals surface area contributed by atoms with Crippen LogP contribution in [0.3, 0.4) is 0 Å². The molecule has 1 aromatic carbocycles. The second kappa shape index (κ2) is 7.38. The number of hydrogen-bond acceptors (Lipinski definition) is 3. The minimum absolute atomic E-state index is 0.350. The monoisotopic (exact) mass is 301 g/mol. The van der Waals surface area contributed by atoms with Crippen LogP contribution in [0.1, 0.15) is 27.2 Å². The van der Waals surface area contributed by atoms with Crippen molar-refractivity contribution in [3.8, 4) is 0 Å². The fraction of sp³-hybridized carbons (Fsp3) is 0.500. The zero-order chi connectivity index (χ0) is 15.2. The third-order valence-electron chi connectivity index (χ3n) is 2.25. The highest BCUT2D eigenvalue weighted by Gasteiger charge is 2.15. The summed E-state index contributed by atoms with van der Waals surface area (Å²) in [6.07, 6.45) is 0.0773. The molecule has 0 heterocycles. The molecule has 0 fully saturated rings. The van der Waals surface area contributed by atoms with Crippen molar-refractivity contribution in [1.82, 2.24) is 5.32 Å². The summed E-state index contributed by atoms with van der Waals surface area (Å²) in [7, 11) is -1.18. The largest absolute Gasteiger partial charge is 0.444 e. The average Bonchev–Trinajstić information content (AvgIpc) is 2.33. The van der Waals surface area contributed by atoms with Gasteiger partial charge in [0.2, 0.25) is 0 Å². The van der Waals surface area contributed by atoms with Crippen LogP contribution in [0.25, 0.3) is 0 Å². The summed E-state index contributed by atoms with van der Waals surface area (Å²) < 4.78 is 29.7. The Morgan fingerprint density at radius 1 is 1.30 bits per heavy atom. The molecule has 0 aliphatic carbocycles. The van der Waals surface area contributed by atoms with Gasteiger partial charge >= 0.3 is 6.09 Å². The number of nitrogens with one attached hydrogen (secondary N) is 1. The predicted molar refractivity (Wildman–Crippen MR) is 76.5 cm³/mol. The second-order valence-electron chi connectivity index (χ2n) is 5.29. The van der Waals surface area contributed by atoms with E-state index in [0.717, 1.165) is 0 Å². The smallest absolute Gasteiger partial charge is 0.407 e. The molecule has 0 bridgehead atoms. The fourth-order valence-electron chi connectivity index (χ4n) is 1.41. The van der Waals surface area contributed by atoms with Gasteiger partial charge in [-0.1, -0.05) is 0 Å². The SMILES string of the molecule is CC(C)(C)OC(=O)NCCCS(=O)c1ccc(F)cc1. The topological polar surface area (TPSA) is 55.4 Å². The van der Waals surface area contributed by atoms with Crippen LogP contribution in [0.5, 0.6) is 0 Å². The van der Waals surface area contributed by atoms with E-state index in [1.165, 1.54) is 24.3 Å². The first-order chi connectivity index (χ1) is 9.28. The van der Waals surface area contributed by atoms with Crippen LogP contribution in [0, 0.1) is 5.82 Å². The van der Waals surface area contributed by atoms with Crippen molar-refractivity contribution in [3.05, 3.63) is 30.1 Å². The Morgan fingerprint density at radius 3 is 2.45 bits per heavy atom. The summed E-state index contributed by atoms with van der Waals surface area (Å²) in [4.78, 5) is 11.9. The van der Waals surface area contributed by atoms with E-state index in [0.29, 0.717) is 23.6 Å². The van der Waals surface area contributed by atoms with Crippen LogP contribution < -0.4 is 5.32 Å². The Morgan fingerprint density at radius 2 is 1.90 bits per heavy atom. The summed E-state index contributed by atoms with van der Waals surface area (Å²) in [6, 6.07) is 5.58. The molecule has 0 saturated carbocycles. The number of rotatable bonds is 5. The van der Waals surface area contributed by atoms with Crippen LogP contribution in [-0.2, 0) is 15.5 Å². The van der Waals surface area contributed by atoms with Crippen molar-refractivity contribution in [2.75, 3.05) is 12.3 Å². The Hall–Kier alpha value is -1.43. The molecule has 20 heavy (non-hydrogen) atoms. The number of benzene rings is 1. The van der Waals surface area contributed by atoms with Crippen molar-refractivity contribution >= 4 is 16.9 Å². The maximum atomic E-state index is 12.7. The molecule has 1 atom stereocenters. The molecule has 6 heteroatoms. The van der Waals surface area contributed by atoms with Gasteiger partial charge in [0.15, 0.2) is 0 Å². The normalized spacial score (nSPS) is 12.8. The van der Waals surface area contributed by atoms with Crippen LogP contribution >= 0.6 is 0 Å². The lowest BCUT2D eigenvalue weighted by molar-refractivity contribution is 0.0528. The molecule has 1 unspecified atom stereocenters. The molecule has 1 amide bonds. The minimum atomic E-state index is -1.18. The lowest BCUT2D eigenvalue weighted by Crippen LogP contribution is -2.33. The number of carbonyl (C=O) groups is 1. The lowest BCUT2D eigenvalue weighted by atomic mass is 10.2. The van der Waals surface area contributed by atoms with Crippen molar-refractivity contribution in [2.45, 2.75) is 37.7 Å². The van der Waals surface area contributed by atoms with Gasteiger partial charge in [-0.2, -0.15) is 0 Å². The van der Waals surface area contributed by atoms with Gasteiger partial charge in [0.25, 0.3) is 0 Å². The molecule has 0 spiro atoms. The number of hydrogen-bond donors (Lipinski definition) is 1. The van der Waals surface area contributed by atoms with Gasteiger partial charge in [-0.3, -0.25) is 4.21 Å². The van der Waals surface area contributed by atoms with Crippen molar-refractivity contribution in [2.24, 2.45) is 0 Å². The molecule has 1 aromatic rings. The van der Waals surface area contributed by atoms with Crippen LogP contribution in [0.4, 0.5) is 9.18 Å². The van der Waals surface area contributed by atoms with Gasteiger partial charge in [-0.25, -0.2) is 9.18 Å². The van der Waals surface area contributed by atoms with E-state index in [-0.39, 0.29) is 5.82 Å². The van der Waals surface area contributed by atoms with E-state index < -0.39 is 22.5 Å². The van der Waals surface area contributed by atoms with Crippen LogP contribution in [0.15, 0.2) is 29.2 Å². The van der Waals surface area contributed by atoms with Crippen LogP contribution in [-0.4, -0.2) is 28.2 Å². The zero-order valence-corrected chi connectivity index (χ0v) is 12.8. The predicted octanol–water partition coefficient (Wildman–Crippen LogP) is 2.85.